The van der Waals surface area contributed by atoms with E-state index in [1.807, 2.05) is 31.2 Å². The summed E-state index contributed by atoms with van der Waals surface area (Å²) in [7, 11) is 0. The van der Waals surface area contributed by atoms with Crippen LogP contribution >= 0.6 is 0 Å². The number of Topliss-reactive ketones (excluding diaryl/α,β-unsaturated/α-hetero) is 1. The average Bonchev–Trinajstić information content (AvgIpc) is 2.52. The number of carbonyl (C=O) groups excluding carboxylic acids is 1. The Bertz CT molecular complexity index is 747. The molecule has 0 heterocycles. The normalized spacial score (nSPS) is 12.7. The molecule has 0 spiro atoms. The van der Waals surface area contributed by atoms with E-state index in [1.54, 1.807) is 0 Å². The van der Waals surface area contributed by atoms with Crippen LogP contribution in [0, 0.1) is 5.92 Å². The lowest BCUT2D eigenvalue weighted by atomic mass is 9.88. The molecule has 1 heteroatoms. The predicted molar refractivity (Wildman–Crippen MR) is 89.9 cm³/mol. The molecule has 1 unspecified atom stereocenters. The van der Waals surface area contributed by atoms with E-state index >= 15 is 0 Å². The van der Waals surface area contributed by atoms with Gasteiger partial charge >= 0.3 is 0 Å². The van der Waals surface area contributed by atoms with Crippen LogP contribution in [-0.4, -0.2) is 5.78 Å². The summed E-state index contributed by atoms with van der Waals surface area (Å²) < 4.78 is 0. The van der Waals surface area contributed by atoms with Crippen molar-refractivity contribution in [3.8, 4) is 0 Å². The fourth-order valence-corrected chi connectivity index (χ4v) is 3.09. The molecule has 3 aromatic rings. The largest absolute Gasteiger partial charge is 0.294 e. The van der Waals surface area contributed by atoms with Crippen molar-refractivity contribution in [3.05, 3.63) is 60.2 Å². The molecule has 0 saturated heterocycles. The molecule has 3 rings (SSSR count). The van der Waals surface area contributed by atoms with Crippen LogP contribution in [0.5, 0.6) is 0 Å². The van der Waals surface area contributed by atoms with Crippen molar-refractivity contribution in [2.24, 2.45) is 5.92 Å². The van der Waals surface area contributed by atoms with Crippen molar-refractivity contribution in [1.82, 2.24) is 0 Å². The fourth-order valence-electron chi connectivity index (χ4n) is 3.09. The highest BCUT2D eigenvalue weighted by Gasteiger charge is 2.19. The molecule has 1 atom stereocenters. The Hall–Kier alpha value is -2.15. The highest BCUT2D eigenvalue weighted by molar-refractivity contribution is 6.19. The number of carbonyl (C=O) groups is 1. The first-order valence-electron chi connectivity index (χ1n) is 7.67. The molecule has 106 valence electrons. The Kier molecular flexibility index (Phi) is 3.74. The zero-order valence-corrected chi connectivity index (χ0v) is 12.6. The second-order valence-electron chi connectivity index (χ2n) is 5.75. The third-order valence-electron chi connectivity index (χ3n) is 4.19. The van der Waals surface area contributed by atoms with E-state index in [0.29, 0.717) is 0 Å². The van der Waals surface area contributed by atoms with Crippen LogP contribution in [-0.2, 0) is 0 Å². The number of fused-ring (bicyclic) bond motifs is 2. The zero-order chi connectivity index (χ0) is 14.8. The molecule has 0 saturated carbocycles. The van der Waals surface area contributed by atoms with Crippen LogP contribution < -0.4 is 0 Å². The van der Waals surface area contributed by atoms with Gasteiger partial charge in [0.1, 0.15) is 0 Å². The van der Waals surface area contributed by atoms with E-state index < -0.39 is 0 Å². The maximum absolute atomic E-state index is 13.0. The monoisotopic (exact) mass is 276 g/mol. The summed E-state index contributed by atoms with van der Waals surface area (Å²) in [5, 5.41) is 4.43. The summed E-state index contributed by atoms with van der Waals surface area (Å²) in [4.78, 5) is 13.0. The number of hydrogen-bond donors (Lipinski definition) is 0. The molecule has 0 bridgehead atoms. The maximum atomic E-state index is 13.0. The third kappa shape index (κ3) is 2.44. The SMILES string of the molecule is CCCC(C)C(=O)c1c2ccccc2cc2ccccc12. The summed E-state index contributed by atoms with van der Waals surface area (Å²) in [5.74, 6) is 0.342. The zero-order valence-electron chi connectivity index (χ0n) is 12.6. The molecular weight excluding hydrogens is 256 g/mol. The van der Waals surface area contributed by atoms with E-state index in [1.165, 1.54) is 0 Å². The first kappa shape index (κ1) is 13.8. The van der Waals surface area contributed by atoms with Gasteiger partial charge in [0.15, 0.2) is 5.78 Å². The second-order valence-corrected chi connectivity index (χ2v) is 5.75. The topological polar surface area (TPSA) is 17.1 Å². The van der Waals surface area contributed by atoms with Crippen molar-refractivity contribution in [2.75, 3.05) is 0 Å². The van der Waals surface area contributed by atoms with Gasteiger partial charge in [-0.3, -0.25) is 4.79 Å². The molecule has 0 radical (unpaired) electrons. The van der Waals surface area contributed by atoms with Gasteiger partial charge in [-0.15, -0.1) is 0 Å². The number of rotatable bonds is 4. The summed E-state index contributed by atoms with van der Waals surface area (Å²) in [5.41, 5.74) is 0.893. The lowest BCUT2D eigenvalue weighted by Gasteiger charge is -2.14. The van der Waals surface area contributed by atoms with E-state index in [9.17, 15) is 4.79 Å². The molecule has 21 heavy (non-hydrogen) atoms. The van der Waals surface area contributed by atoms with Crippen LogP contribution in [0.2, 0.25) is 0 Å². The average molecular weight is 276 g/mol. The van der Waals surface area contributed by atoms with Gasteiger partial charge in [0.25, 0.3) is 0 Å². The van der Waals surface area contributed by atoms with Crippen LogP contribution in [0.1, 0.15) is 37.0 Å². The Morgan fingerprint density at radius 2 is 1.48 bits per heavy atom. The standard InChI is InChI=1S/C20H20O/c1-3-8-14(2)20(21)19-17-11-6-4-9-15(17)13-16-10-5-7-12-18(16)19/h4-7,9-14H,3,8H2,1-2H3. The van der Waals surface area contributed by atoms with Gasteiger partial charge in [0, 0.05) is 11.5 Å². The molecule has 0 N–H and O–H groups in total. The first-order valence-corrected chi connectivity index (χ1v) is 7.67. The summed E-state index contributed by atoms with van der Waals surface area (Å²) >= 11 is 0. The first-order chi connectivity index (χ1) is 10.2. The predicted octanol–water partition coefficient (Wildman–Crippen LogP) is 5.61. The van der Waals surface area contributed by atoms with Crippen molar-refractivity contribution in [3.63, 3.8) is 0 Å². The number of benzene rings is 3. The van der Waals surface area contributed by atoms with Crippen LogP contribution in [0.15, 0.2) is 54.6 Å². The van der Waals surface area contributed by atoms with E-state index in [0.717, 1.165) is 39.9 Å². The Labute approximate surface area is 125 Å². The van der Waals surface area contributed by atoms with Gasteiger partial charge < -0.3 is 0 Å². The van der Waals surface area contributed by atoms with Crippen molar-refractivity contribution in [2.45, 2.75) is 26.7 Å². The van der Waals surface area contributed by atoms with E-state index in [-0.39, 0.29) is 11.7 Å². The van der Waals surface area contributed by atoms with Gasteiger partial charge in [0.05, 0.1) is 0 Å². The van der Waals surface area contributed by atoms with Gasteiger partial charge in [0.2, 0.25) is 0 Å². The smallest absolute Gasteiger partial charge is 0.166 e. The van der Waals surface area contributed by atoms with E-state index in [4.69, 9.17) is 0 Å². The Balaban J connectivity index is 2.32. The van der Waals surface area contributed by atoms with Crippen LogP contribution in [0.25, 0.3) is 21.5 Å². The molecule has 1 nitrogen and oxygen atoms in total. The number of ketones is 1. The molecule has 0 aliphatic rings. The van der Waals surface area contributed by atoms with Crippen molar-refractivity contribution >= 4 is 27.3 Å². The van der Waals surface area contributed by atoms with Gasteiger partial charge in [-0.05, 0) is 34.0 Å². The second kappa shape index (κ2) is 5.69. The fraction of sp³-hybridized carbons (Fsp3) is 0.250. The molecule has 0 fully saturated rings. The highest BCUT2D eigenvalue weighted by atomic mass is 16.1. The van der Waals surface area contributed by atoms with Gasteiger partial charge in [-0.1, -0.05) is 68.8 Å². The molecule has 0 aliphatic carbocycles. The maximum Gasteiger partial charge on any atom is 0.166 e. The number of hydrogen-bond acceptors (Lipinski definition) is 1. The minimum atomic E-state index is 0.0733. The molecule has 3 aromatic carbocycles. The molecule has 0 amide bonds. The van der Waals surface area contributed by atoms with Gasteiger partial charge in [-0.2, -0.15) is 0 Å². The lowest BCUT2D eigenvalue weighted by Crippen LogP contribution is -2.12. The minimum absolute atomic E-state index is 0.0733. The molecule has 0 aromatic heterocycles. The van der Waals surface area contributed by atoms with Crippen LogP contribution in [0.3, 0.4) is 0 Å². The molecular formula is C20H20O. The Morgan fingerprint density at radius 1 is 0.952 bits per heavy atom. The quantitative estimate of drug-likeness (QED) is 0.447. The minimum Gasteiger partial charge on any atom is -0.294 e. The lowest BCUT2D eigenvalue weighted by molar-refractivity contribution is 0.0927. The van der Waals surface area contributed by atoms with Crippen molar-refractivity contribution < 1.29 is 4.79 Å². The summed E-state index contributed by atoms with van der Waals surface area (Å²) in [6.45, 7) is 4.17. The van der Waals surface area contributed by atoms with Crippen LogP contribution in [0.4, 0.5) is 0 Å². The van der Waals surface area contributed by atoms with E-state index in [2.05, 4.69) is 37.3 Å². The third-order valence-corrected chi connectivity index (χ3v) is 4.19. The van der Waals surface area contributed by atoms with Crippen molar-refractivity contribution in [1.29, 1.82) is 0 Å². The summed E-state index contributed by atoms with van der Waals surface area (Å²) in [6, 6.07) is 18.6. The van der Waals surface area contributed by atoms with Gasteiger partial charge in [-0.25, -0.2) is 0 Å². The summed E-state index contributed by atoms with van der Waals surface area (Å²) in [6.07, 6.45) is 1.98. The highest BCUT2D eigenvalue weighted by Crippen LogP contribution is 2.31. The Morgan fingerprint density at radius 3 is 2.00 bits per heavy atom. The molecule has 0 aliphatic heterocycles.